The van der Waals surface area contributed by atoms with E-state index < -0.39 is 0 Å². The maximum absolute atomic E-state index is 4.95. The number of nitrogens with one attached hydrogen (secondary N) is 1. The van der Waals surface area contributed by atoms with Gasteiger partial charge in [0.2, 0.25) is 0 Å². The summed E-state index contributed by atoms with van der Waals surface area (Å²) in [5, 5.41) is 12.6. The zero-order chi connectivity index (χ0) is 7.97. The van der Waals surface area contributed by atoms with Crippen LogP contribution in [0.1, 0.15) is 0 Å². The number of aromatic amines is 1. The molecule has 0 fully saturated rings. The predicted molar refractivity (Wildman–Crippen MR) is 43.7 cm³/mol. The van der Waals surface area contributed by atoms with Gasteiger partial charge >= 0.3 is 0 Å². The van der Waals surface area contributed by atoms with Crippen LogP contribution in [-0.2, 0) is 0 Å². The molecule has 2 aromatic heterocycles. The fourth-order valence-electron chi connectivity index (χ4n) is 1.35. The highest BCUT2D eigenvalue weighted by atomic mass is 16.5. The van der Waals surface area contributed by atoms with E-state index in [1.54, 1.807) is 12.5 Å². The summed E-state index contributed by atoms with van der Waals surface area (Å²) >= 11 is 0. The Kier molecular flexibility index (Phi) is 0.889. The molecule has 0 aliphatic rings. The van der Waals surface area contributed by atoms with Gasteiger partial charge in [-0.15, -0.1) is 5.10 Å². The lowest BCUT2D eigenvalue weighted by Crippen LogP contribution is -1.70. The van der Waals surface area contributed by atoms with E-state index in [2.05, 4.69) is 15.4 Å². The maximum atomic E-state index is 4.95. The molecule has 0 spiro atoms. The lowest BCUT2D eigenvalue weighted by Gasteiger charge is -1.86. The van der Waals surface area contributed by atoms with Crippen molar-refractivity contribution < 1.29 is 4.52 Å². The van der Waals surface area contributed by atoms with Crippen LogP contribution in [0.5, 0.6) is 0 Å². The Morgan fingerprint density at radius 1 is 1.33 bits per heavy atom. The van der Waals surface area contributed by atoms with Gasteiger partial charge in [0.25, 0.3) is 0 Å². The van der Waals surface area contributed by atoms with E-state index in [1.807, 2.05) is 12.1 Å². The van der Waals surface area contributed by atoms with Crippen molar-refractivity contribution in [2.45, 2.75) is 0 Å². The fourth-order valence-corrected chi connectivity index (χ4v) is 1.35. The zero-order valence-corrected chi connectivity index (χ0v) is 6.11. The summed E-state index contributed by atoms with van der Waals surface area (Å²) < 4.78 is 4.95. The van der Waals surface area contributed by atoms with Crippen molar-refractivity contribution in [3.8, 4) is 0 Å². The normalized spacial score (nSPS) is 11.3. The van der Waals surface area contributed by atoms with E-state index >= 15 is 0 Å². The van der Waals surface area contributed by atoms with Gasteiger partial charge in [0.1, 0.15) is 11.8 Å². The van der Waals surface area contributed by atoms with Crippen LogP contribution >= 0.6 is 0 Å². The third-order valence-corrected chi connectivity index (χ3v) is 1.95. The summed E-state index contributed by atoms with van der Waals surface area (Å²) in [5.41, 5.74) is 1.83. The van der Waals surface area contributed by atoms with Gasteiger partial charge in [0.15, 0.2) is 0 Å². The number of benzene rings is 1. The number of fused-ring (bicyclic) bond motifs is 3. The number of nitrogens with zero attached hydrogens (tertiary/aromatic N) is 2. The highest BCUT2D eigenvalue weighted by Crippen LogP contribution is 2.21. The summed E-state index contributed by atoms with van der Waals surface area (Å²) in [5.74, 6) is 0. The summed E-state index contributed by atoms with van der Waals surface area (Å²) in [4.78, 5) is 0. The smallest absolute Gasteiger partial charge is 0.130 e. The molecule has 3 rings (SSSR count). The van der Waals surface area contributed by atoms with E-state index in [0.717, 1.165) is 21.8 Å². The van der Waals surface area contributed by atoms with Gasteiger partial charge < -0.3 is 4.52 Å². The minimum Gasteiger partial charge on any atom is -0.389 e. The van der Waals surface area contributed by atoms with Crippen molar-refractivity contribution in [2.75, 3.05) is 0 Å². The highest BCUT2D eigenvalue weighted by Gasteiger charge is 2.03. The second-order valence-electron chi connectivity index (χ2n) is 2.65. The second-order valence-corrected chi connectivity index (χ2v) is 2.65. The molecule has 0 bridgehead atoms. The van der Waals surface area contributed by atoms with Crippen LogP contribution in [0.25, 0.3) is 21.8 Å². The number of hydrogen-bond donors (Lipinski definition) is 1. The monoisotopic (exact) mass is 159 g/mol. The molecule has 0 saturated carbocycles. The Bertz CT molecular complexity index is 487. The minimum absolute atomic E-state index is 0.887. The largest absolute Gasteiger partial charge is 0.389 e. The van der Waals surface area contributed by atoms with Crippen molar-refractivity contribution >= 4 is 21.8 Å². The van der Waals surface area contributed by atoms with Crippen LogP contribution in [0.3, 0.4) is 0 Å². The molecule has 0 aliphatic heterocycles. The van der Waals surface area contributed by atoms with Gasteiger partial charge in [-0.1, -0.05) is 0 Å². The Hall–Kier alpha value is -1.84. The topological polar surface area (TPSA) is 54.7 Å². The predicted octanol–water partition coefficient (Wildman–Crippen LogP) is 1.70. The molecule has 4 heteroatoms. The molecule has 58 valence electrons. The second kappa shape index (κ2) is 1.85. The molecule has 12 heavy (non-hydrogen) atoms. The average Bonchev–Trinajstić information content (AvgIpc) is 2.71. The van der Waals surface area contributed by atoms with E-state index in [0.29, 0.717) is 0 Å². The molecule has 0 radical (unpaired) electrons. The molecular formula is C8H5N3O. The molecule has 4 nitrogen and oxygen atoms in total. The first-order valence-corrected chi connectivity index (χ1v) is 3.61. The van der Waals surface area contributed by atoms with E-state index in [-0.39, 0.29) is 0 Å². The molecule has 0 saturated heterocycles. The molecular weight excluding hydrogens is 154 g/mol. The number of hydrogen-bond acceptors (Lipinski definition) is 3. The van der Waals surface area contributed by atoms with Crippen molar-refractivity contribution in [3.05, 3.63) is 24.6 Å². The van der Waals surface area contributed by atoms with Crippen molar-refractivity contribution in [3.63, 3.8) is 0 Å². The Morgan fingerprint density at radius 3 is 3.33 bits per heavy atom. The van der Waals surface area contributed by atoms with Crippen LogP contribution in [0, 0.1) is 0 Å². The first-order valence-electron chi connectivity index (χ1n) is 3.61. The minimum atomic E-state index is 0.887. The summed E-state index contributed by atoms with van der Waals surface area (Å²) in [6.45, 7) is 0. The van der Waals surface area contributed by atoms with E-state index in [1.165, 1.54) is 0 Å². The fraction of sp³-hybridized carbons (Fsp3) is 0. The third-order valence-electron chi connectivity index (χ3n) is 1.95. The molecule has 3 aromatic rings. The Labute approximate surface area is 67.2 Å². The number of rotatable bonds is 0. The number of aromatic nitrogens is 3. The third kappa shape index (κ3) is 0.567. The van der Waals surface area contributed by atoms with Crippen LogP contribution in [-0.4, -0.2) is 15.4 Å². The van der Waals surface area contributed by atoms with Crippen LogP contribution in [0.2, 0.25) is 0 Å². The molecule has 2 heterocycles. The van der Waals surface area contributed by atoms with E-state index in [4.69, 9.17) is 4.52 Å². The Balaban J connectivity index is 2.71. The molecule has 0 amide bonds. The van der Waals surface area contributed by atoms with Crippen LogP contribution in [0.15, 0.2) is 29.1 Å². The first kappa shape index (κ1) is 5.77. The molecule has 1 aromatic carbocycles. The molecule has 0 unspecified atom stereocenters. The van der Waals surface area contributed by atoms with Crippen LogP contribution < -0.4 is 0 Å². The van der Waals surface area contributed by atoms with Gasteiger partial charge in [-0.25, -0.2) is 5.16 Å². The molecule has 0 atom stereocenters. The summed E-state index contributed by atoms with van der Waals surface area (Å²) in [7, 11) is 0. The summed E-state index contributed by atoms with van der Waals surface area (Å²) in [6, 6.07) is 3.91. The van der Waals surface area contributed by atoms with Crippen molar-refractivity contribution in [1.29, 1.82) is 0 Å². The lowest BCUT2D eigenvalue weighted by atomic mass is 10.2. The van der Waals surface area contributed by atoms with E-state index in [9.17, 15) is 0 Å². The highest BCUT2D eigenvalue weighted by molar-refractivity contribution is 6.02. The molecule has 1 N–H and O–H groups in total. The quantitative estimate of drug-likeness (QED) is 0.543. The average molecular weight is 159 g/mol. The van der Waals surface area contributed by atoms with Gasteiger partial charge in [-0.2, -0.15) is 5.10 Å². The maximum Gasteiger partial charge on any atom is 0.130 e. The van der Waals surface area contributed by atoms with Gasteiger partial charge in [-0.05, 0) is 12.1 Å². The number of H-pyrrole nitrogens is 1. The van der Waals surface area contributed by atoms with Crippen molar-refractivity contribution in [2.24, 2.45) is 0 Å². The standard InChI is InChI=1S/C8H5N3O/c1-2-7-6(4-12-11-7)8-5(1)3-9-10-8/h1-4,11H. The Morgan fingerprint density at radius 2 is 2.33 bits per heavy atom. The van der Waals surface area contributed by atoms with Gasteiger partial charge in [0.05, 0.1) is 17.1 Å². The van der Waals surface area contributed by atoms with Crippen molar-refractivity contribution in [1.82, 2.24) is 15.4 Å². The van der Waals surface area contributed by atoms with Gasteiger partial charge in [-0.3, -0.25) is 0 Å². The van der Waals surface area contributed by atoms with Crippen LogP contribution in [0.4, 0.5) is 0 Å². The molecule has 0 aliphatic carbocycles. The first-order chi connectivity index (χ1) is 5.95. The zero-order valence-electron chi connectivity index (χ0n) is 6.11. The summed E-state index contributed by atoms with van der Waals surface area (Å²) in [6.07, 6.45) is 3.38. The lowest BCUT2D eigenvalue weighted by molar-refractivity contribution is 0.428. The van der Waals surface area contributed by atoms with Gasteiger partial charge in [0, 0.05) is 5.39 Å². The SMILES string of the molecule is c1cc2[nH]occ2c2nncc12.